The van der Waals surface area contributed by atoms with Crippen molar-refractivity contribution in [1.29, 1.82) is 0 Å². The van der Waals surface area contributed by atoms with E-state index in [2.05, 4.69) is 15.3 Å². The molecule has 110 valence electrons. The molecule has 2 unspecified atom stereocenters. The number of carbonyl (C=O) groups is 1. The van der Waals surface area contributed by atoms with Crippen LogP contribution in [0, 0.1) is 5.41 Å². The van der Waals surface area contributed by atoms with E-state index in [9.17, 15) is 9.90 Å². The fraction of sp³-hybridized carbons (Fsp3) is 0.643. The Kier molecular flexibility index (Phi) is 4.42. The molecule has 20 heavy (non-hydrogen) atoms. The lowest BCUT2D eigenvalue weighted by Crippen LogP contribution is -2.46. The monoisotopic (exact) mass is 279 g/mol. The van der Waals surface area contributed by atoms with Crippen LogP contribution < -0.4 is 10.1 Å². The molecule has 0 radical (unpaired) electrons. The van der Waals surface area contributed by atoms with E-state index in [0.717, 1.165) is 19.3 Å². The molecule has 2 N–H and O–H groups in total. The van der Waals surface area contributed by atoms with E-state index in [1.54, 1.807) is 19.3 Å². The van der Waals surface area contributed by atoms with Crippen LogP contribution in [0.5, 0.6) is 5.88 Å². The number of carboxylic acid groups (broad SMARTS) is 1. The van der Waals surface area contributed by atoms with Gasteiger partial charge in [-0.1, -0.05) is 12.8 Å². The van der Waals surface area contributed by atoms with Crippen LogP contribution >= 0.6 is 0 Å². The Hall–Kier alpha value is -1.85. The predicted molar refractivity (Wildman–Crippen MR) is 74.8 cm³/mol. The molecule has 2 rings (SSSR count). The zero-order chi connectivity index (χ0) is 14.6. The molecule has 1 saturated carbocycles. The largest absolute Gasteiger partial charge is 0.481 e. The summed E-state index contributed by atoms with van der Waals surface area (Å²) in [6, 6.07) is -0.139. The molecular weight excluding hydrogens is 258 g/mol. The van der Waals surface area contributed by atoms with Gasteiger partial charge in [0.25, 0.3) is 0 Å². The molecular formula is C14H21N3O3. The molecule has 1 aromatic heterocycles. The van der Waals surface area contributed by atoms with Crippen molar-refractivity contribution in [2.45, 2.75) is 45.6 Å². The van der Waals surface area contributed by atoms with Crippen LogP contribution in [0.2, 0.25) is 0 Å². The molecule has 0 saturated heterocycles. The third-order valence-corrected chi connectivity index (χ3v) is 3.92. The number of nitrogens with one attached hydrogen (secondary N) is 1. The Morgan fingerprint density at radius 1 is 1.55 bits per heavy atom. The Labute approximate surface area is 118 Å². The third-order valence-electron chi connectivity index (χ3n) is 3.92. The molecule has 1 heterocycles. The summed E-state index contributed by atoms with van der Waals surface area (Å²) in [6.45, 7) is 4.20. The van der Waals surface area contributed by atoms with Crippen molar-refractivity contribution in [1.82, 2.24) is 9.97 Å². The van der Waals surface area contributed by atoms with Crippen LogP contribution in [0.25, 0.3) is 0 Å². The van der Waals surface area contributed by atoms with Crippen molar-refractivity contribution >= 4 is 11.8 Å². The van der Waals surface area contributed by atoms with Gasteiger partial charge in [0.2, 0.25) is 5.88 Å². The van der Waals surface area contributed by atoms with Crippen LogP contribution in [0.4, 0.5) is 5.82 Å². The van der Waals surface area contributed by atoms with E-state index in [-0.39, 0.29) is 6.04 Å². The summed E-state index contributed by atoms with van der Waals surface area (Å²) >= 11 is 0. The molecule has 6 nitrogen and oxygen atoms in total. The first-order valence-electron chi connectivity index (χ1n) is 7.01. The normalized spacial score (nSPS) is 26.0. The smallest absolute Gasteiger partial charge is 0.311 e. The molecule has 1 aromatic rings. The van der Waals surface area contributed by atoms with E-state index in [1.165, 1.54) is 0 Å². The maximum absolute atomic E-state index is 11.5. The average molecular weight is 279 g/mol. The molecule has 0 amide bonds. The van der Waals surface area contributed by atoms with Crippen LogP contribution in [0.3, 0.4) is 0 Å². The minimum atomic E-state index is -0.762. The van der Waals surface area contributed by atoms with Crippen LogP contribution in [-0.2, 0) is 4.79 Å². The zero-order valence-corrected chi connectivity index (χ0v) is 11.9. The molecule has 1 aliphatic rings. The highest BCUT2D eigenvalue weighted by atomic mass is 16.5. The van der Waals surface area contributed by atoms with E-state index in [1.807, 2.05) is 6.92 Å². The van der Waals surface area contributed by atoms with Crippen molar-refractivity contribution in [2.75, 3.05) is 11.9 Å². The second-order valence-corrected chi connectivity index (χ2v) is 5.34. The molecule has 6 heteroatoms. The predicted octanol–water partition coefficient (Wildman–Crippen LogP) is 2.32. The van der Waals surface area contributed by atoms with Crippen LogP contribution in [0.15, 0.2) is 12.4 Å². The first kappa shape index (κ1) is 14.6. The van der Waals surface area contributed by atoms with E-state index < -0.39 is 11.4 Å². The fourth-order valence-corrected chi connectivity index (χ4v) is 2.63. The van der Waals surface area contributed by atoms with Gasteiger partial charge < -0.3 is 15.2 Å². The van der Waals surface area contributed by atoms with Gasteiger partial charge in [-0.05, 0) is 26.7 Å². The Bertz CT molecular complexity index is 480. The van der Waals surface area contributed by atoms with Crippen LogP contribution in [0.1, 0.15) is 39.5 Å². The number of carboxylic acids is 1. The highest BCUT2D eigenvalue weighted by Crippen LogP contribution is 2.38. The van der Waals surface area contributed by atoms with E-state index in [4.69, 9.17) is 4.74 Å². The van der Waals surface area contributed by atoms with Gasteiger partial charge in [0, 0.05) is 6.04 Å². The Morgan fingerprint density at radius 2 is 2.35 bits per heavy atom. The number of nitrogens with zero attached hydrogens (tertiary/aromatic N) is 2. The van der Waals surface area contributed by atoms with Gasteiger partial charge in [0.15, 0.2) is 0 Å². The highest BCUT2D eigenvalue weighted by molar-refractivity contribution is 5.76. The van der Waals surface area contributed by atoms with Gasteiger partial charge in [-0.2, -0.15) is 4.98 Å². The number of rotatable bonds is 5. The molecule has 0 aliphatic heterocycles. The van der Waals surface area contributed by atoms with Gasteiger partial charge in [-0.3, -0.25) is 9.78 Å². The average Bonchev–Trinajstić information content (AvgIpc) is 2.42. The quantitative estimate of drug-likeness (QED) is 0.860. The lowest BCUT2D eigenvalue weighted by atomic mass is 9.71. The fourth-order valence-electron chi connectivity index (χ4n) is 2.63. The van der Waals surface area contributed by atoms with Gasteiger partial charge >= 0.3 is 5.97 Å². The minimum Gasteiger partial charge on any atom is -0.481 e. The number of anilines is 1. The lowest BCUT2D eigenvalue weighted by molar-refractivity contribution is -0.150. The molecule has 0 spiro atoms. The maximum atomic E-state index is 11.5. The molecule has 1 fully saturated rings. The standard InChI is InChI=1S/C14H21N3O3/c1-3-20-12-9-15-8-11(17-12)16-10-6-4-5-7-14(10,2)13(18)19/h8-10H,3-7H2,1-2H3,(H,16,17)(H,18,19). The third kappa shape index (κ3) is 3.00. The Morgan fingerprint density at radius 3 is 3.05 bits per heavy atom. The topological polar surface area (TPSA) is 84.3 Å². The number of aromatic nitrogens is 2. The molecule has 0 aromatic carbocycles. The summed E-state index contributed by atoms with van der Waals surface area (Å²) < 4.78 is 5.31. The summed E-state index contributed by atoms with van der Waals surface area (Å²) in [4.78, 5) is 19.9. The minimum absolute atomic E-state index is 0.139. The maximum Gasteiger partial charge on any atom is 0.311 e. The molecule has 2 atom stereocenters. The second kappa shape index (κ2) is 6.07. The molecule has 0 bridgehead atoms. The first-order chi connectivity index (χ1) is 9.56. The van der Waals surface area contributed by atoms with Gasteiger partial charge in [-0.25, -0.2) is 0 Å². The summed E-state index contributed by atoms with van der Waals surface area (Å²) in [7, 11) is 0. The highest BCUT2D eigenvalue weighted by Gasteiger charge is 2.43. The van der Waals surface area contributed by atoms with Gasteiger partial charge in [-0.15, -0.1) is 0 Å². The lowest BCUT2D eigenvalue weighted by Gasteiger charge is -2.38. The number of ether oxygens (including phenoxy) is 1. The molecule has 1 aliphatic carbocycles. The zero-order valence-electron chi connectivity index (χ0n) is 11.9. The number of hydrogen-bond acceptors (Lipinski definition) is 5. The van der Waals surface area contributed by atoms with Gasteiger partial charge in [0.1, 0.15) is 5.82 Å². The van der Waals surface area contributed by atoms with E-state index in [0.29, 0.717) is 24.7 Å². The number of hydrogen-bond donors (Lipinski definition) is 2. The van der Waals surface area contributed by atoms with Crippen molar-refractivity contribution < 1.29 is 14.6 Å². The summed E-state index contributed by atoms with van der Waals surface area (Å²) in [5.74, 6) is 0.254. The van der Waals surface area contributed by atoms with Crippen molar-refractivity contribution in [3.8, 4) is 5.88 Å². The van der Waals surface area contributed by atoms with Crippen LogP contribution in [-0.4, -0.2) is 33.7 Å². The Balaban J connectivity index is 2.14. The van der Waals surface area contributed by atoms with Crippen molar-refractivity contribution in [3.63, 3.8) is 0 Å². The van der Waals surface area contributed by atoms with Crippen molar-refractivity contribution in [2.24, 2.45) is 5.41 Å². The summed E-state index contributed by atoms with van der Waals surface area (Å²) in [5, 5.41) is 12.7. The number of aliphatic carboxylic acids is 1. The van der Waals surface area contributed by atoms with Crippen molar-refractivity contribution in [3.05, 3.63) is 12.4 Å². The summed E-state index contributed by atoms with van der Waals surface area (Å²) in [6.07, 6.45) is 6.62. The second-order valence-electron chi connectivity index (χ2n) is 5.34. The SMILES string of the molecule is CCOc1cncc(NC2CCCCC2(C)C(=O)O)n1. The summed E-state index contributed by atoms with van der Waals surface area (Å²) in [5.41, 5.74) is -0.762. The van der Waals surface area contributed by atoms with Gasteiger partial charge in [0.05, 0.1) is 24.4 Å². The first-order valence-corrected chi connectivity index (χ1v) is 7.01. The van der Waals surface area contributed by atoms with E-state index >= 15 is 0 Å².